The average molecular weight is 495 g/mol. The van der Waals surface area contributed by atoms with Crippen LogP contribution in [0.5, 0.6) is 0 Å². The number of aromatic nitrogens is 3. The van der Waals surface area contributed by atoms with Crippen LogP contribution in [-0.4, -0.2) is 82.7 Å². The molecule has 5 rings (SSSR count). The minimum atomic E-state index is 0.200. The second-order valence-corrected chi connectivity index (χ2v) is 11.3. The Kier molecular flexibility index (Phi) is 8.91. The number of rotatable bonds is 9. The van der Waals surface area contributed by atoms with Gasteiger partial charge in [0.25, 0.3) is 0 Å². The smallest absolute Gasteiger partial charge is 0.184 e. The van der Waals surface area contributed by atoms with Gasteiger partial charge in [-0.2, -0.15) is 5.10 Å². The fraction of sp³-hybridized carbons (Fsp3) is 0.759. The summed E-state index contributed by atoms with van der Waals surface area (Å²) in [6, 6.07) is 4.22. The summed E-state index contributed by atoms with van der Waals surface area (Å²) in [6.07, 6.45) is 13.0. The molecule has 36 heavy (non-hydrogen) atoms. The molecule has 7 heteroatoms. The van der Waals surface area contributed by atoms with Crippen molar-refractivity contribution < 1.29 is 4.79 Å². The molecule has 0 radical (unpaired) electrons. The molecule has 7 nitrogen and oxygen atoms in total. The normalized spacial score (nSPS) is 21.2. The molecule has 3 aliphatic rings. The van der Waals surface area contributed by atoms with Crippen molar-refractivity contribution in [2.45, 2.75) is 84.1 Å². The topological polar surface area (TPSA) is 57.5 Å². The summed E-state index contributed by atoms with van der Waals surface area (Å²) >= 11 is 0. The van der Waals surface area contributed by atoms with E-state index in [1.165, 1.54) is 71.1 Å². The summed E-state index contributed by atoms with van der Waals surface area (Å²) in [5.41, 5.74) is 1.52. The molecule has 0 spiro atoms. The Labute approximate surface area is 217 Å². The molecular formula is C29H46N6O. The SMILES string of the molecule is CCCn1nc(C(=O)CC2CCN(CCN3CCCCC3)CC2)c2ccc(N3CCCCCC3)nc21. The van der Waals surface area contributed by atoms with E-state index in [4.69, 9.17) is 10.1 Å². The van der Waals surface area contributed by atoms with Crippen LogP contribution in [0.4, 0.5) is 5.82 Å². The van der Waals surface area contributed by atoms with E-state index >= 15 is 0 Å². The van der Waals surface area contributed by atoms with Crippen LogP contribution < -0.4 is 4.90 Å². The zero-order chi connectivity index (χ0) is 24.7. The van der Waals surface area contributed by atoms with Gasteiger partial charge in [0, 0.05) is 39.1 Å². The fourth-order valence-electron chi connectivity index (χ4n) is 6.33. The van der Waals surface area contributed by atoms with Gasteiger partial charge in [0.2, 0.25) is 0 Å². The number of fused-ring (bicyclic) bond motifs is 1. The summed E-state index contributed by atoms with van der Waals surface area (Å²) in [7, 11) is 0. The molecule has 3 fully saturated rings. The quantitative estimate of drug-likeness (QED) is 0.458. The van der Waals surface area contributed by atoms with Crippen LogP contribution in [0.1, 0.15) is 88.0 Å². The highest BCUT2D eigenvalue weighted by Gasteiger charge is 2.26. The van der Waals surface area contributed by atoms with Crippen molar-refractivity contribution in [1.29, 1.82) is 0 Å². The molecule has 198 valence electrons. The molecule has 0 amide bonds. The number of ketones is 1. The molecule has 2 aromatic heterocycles. The first-order valence-electron chi connectivity index (χ1n) is 14.8. The van der Waals surface area contributed by atoms with Gasteiger partial charge in [-0.3, -0.25) is 4.79 Å². The minimum Gasteiger partial charge on any atom is -0.357 e. The summed E-state index contributed by atoms with van der Waals surface area (Å²) in [4.78, 5) is 26.1. The highest BCUT2D eigenvalue weighted by Crippen LogP contribution is 2.27. The standard InChI is InChI=1S/C29H46N6O/c1-2-14-35-29-25(10-11-27(30-29)34-17-8-3-4-9-18-34)28(31-35)26(36)23-24-12-19-33(20-13-24)22-21-32-15-6-5-7-16-32/h10-11,24H,2-9,12-23H2,1H3. The predicted molar refractivity (Wildman–Crippen MR) is 147 cm³/mol. The van der Waals surface area contributed by atoms with Crippen LogP contribution in [0.2, 0.25) is 0 Å². The minimum absolute atomic E-state index is 0.200. The molecule has 0 aromatic carbocycles. The van der Waals surface area contributed by atoms with Crippen LogP contribution in [-0.2, 0) is 6.54 Å². The van der Waals surface area contributed by atoms with E-state index in [0.717, 1.165) is 68.8 Å². The van der Waals surface area contributed by atoms with Gasteiger partial charge < -0.3 is 14.7 Å². The van der Waals surface area contributed by atoms with Crippen molar-refractivity contribution in [3.8, 4) is 0 Å². The van der Waals surface area contributed by atoms with Crippen molar-refractivity contribution in [2.24, 2.45) is 5.92 Å². The number of hydrogen-bond donors (Lipinski definition) is 0. The van der Waals surface area contributed by atoms with Crippen molar-refractivity contribution in [3.05, 3.63) is 17.8 Å². The number of hydrogen-bond acceptors (Lipinski definition) is 6. The number of nitrogens with zero attached hydrogens (tertiary/aromatic N) is 6. The lowest BCUT2D eigenvalue weighted by atomic mass is 9.90. The third-order valence-electron chi connectivity index (χ3n) is 8.57. The van der Waals surface area contributed by atoms with Crippen molar-refractivity contribution in [3.63, 3.8) is 0 Å². The predicted octanol–water partition coefficient (Wildman–Crippen LogP) is 4.99. The van der Waals surface area contributed by atoms with Gasteiger partial charge in [0.05, 0.1) is 5.39 Å². The summed E-state index contributed by atoms with van der Waals surface area (Å²) in [5.74, 6) is 1.71. The highest BCUT2D eigenvalue weighted by atomic mass is 16.1. The Morgan fingerprint density at radius 2 is 1.47 bits per heavy atom. The van der Waals surface area contributed by atoms with Gasteiger partial charge in [0.1, 0.15) is 11.5 Å². The van der Waals surface area contributed by atoms with Gasteiger partial charge in [-0.25, -0.2) is 9.67 Å². The molecule has 3 saturated heterocycles. The molecule has 3 aliphatic heterocycles. The maximum atomic E-state index is 13.5. The molecular weight excluding hydrogens is 448 g/mol. The number of carbonyl (C=O) groups is 1. The first-order chi connectivity index (χ1) is 17.7. The number of anilines is 1. The third kappa shape index (κ3) is 6.28. The molecule has 0 bridgehead atoms. The number of carbonyl (C=O) groups excluding carboxylic acids is 1. The number of Topliss-reactive ketones (excluding diaryl/α,β-unsaturated/α-hetero) is 1. The Balaban J connectivity index is 1.20. The van der Waals surface area contributed by atoms with E-state index < -0.39 is 0 Å². The van der Waals surface area contributed by atoms with Crippen LogP contribution in [0.25, 0.3) is 11.0 Å². The molecule has 0 atom stereocenters. The van der Waals surface area contributed by atoms with Gasteiger partial charge in [-0.1, -0.05) is 26.2 Å². The van der Waals surface area contributed by atoms with E-state index in [0.29, 0.717) is 18.0 Å². The highest BCUT2D eigenvalue weighted by molar-refractivity contribution is 6.05. The molecule has 0 N–H and O–H groups in total. The molecule has 2 aromatic rings. The van der Waals surface area contributed by atoms with Crippen molar-refractivity contribution in [2.75, 3.05) is 57.3 Å². The van der Waals surface area contributed by atoms with Crippen LogP contribution in [0, 0.1) is 5.92 Å². The van der Waals surface area contributed by atoms with Gasteiger partial charge in [-0.15, -0.1) is 0 Å². The largest absolute Gasteiger partial charge is 0.357 e. The van der Waals surface area contributed by atoms with Crippen LogP contribution >= 0.6 is 0 Å². The Morgan fingerprint density at radius 3 is 2.17 bits per heavy atom. The molecule has 5 heterocycles. The number of pyridine rings is 1. The van der Waals surface area contributed by atoms with Crippen LogP contribution in [0.15, 0.2) is 12.1 Å². The molecule has 0 saturated carbocycles. The fourth-order valence-corrected chi connectivity index (χ4v) is 6.33. The van der Waals surface area contributed by atoms with E-state index in [9.17, 15) is 4.79 Å². The van der Waals surface area contributed by atoms with Crippen LogP contribution in [0.3, 0.4) is 0 Å². The maximum absolute atomic E-state index is 13.5. The molecule has 0 aliphatic carbocycles. The lowest BCUT2D eigenvalue weighted by molar-refractivity contribution is 0.0915. The second-order valence-electron chi connectivity index (χ2n) is 11.3. The van der Waals surface area contributed by atoms with Gasteiger partial charge >= 0.3 is 0 Å². The van der Waals surface area contributed by atoms with Crippen molar-refractivity contribution >= 4 is 22.6 Å². The maximum Gasteiger partial charge on any atom is 0.184 e. The number of aryl methyl sites for hydroxylation is 1. The zero-order valence-corrected chi connectivity index (χ0v) is 22.5. The summed E-state index contributed by atoms with van der Waals surface area (Å²) in [6.45, 7) is 12.3. The van der Waals surface area contributed by atoms with E-state index in [2.05, 4.69) is 33.8 Å². The first-order valence-corrected chi connectivity index (χ1v) is 14.8. The van der Waals surface area contributed by atoms with Crippen molar-refractivity contribution in [1.82, 2.24) is 24.6 Å². The van der Waals surface area contributed by atoms with Gasteiger partial charge in [-0.05, 0) is 89.2 Å². The first kappa shape index (κ1) is 25.7. The van der Waals surface area contributed by atoms with E-state index in [1.54, 1.807) is 0 Å². The Hall–Kier alpha value is -1.99. The lowest BCUT2D eigenvalue weighted by Crippen LogP contribution is -2.41. The third-order valence-corrected chi connectivity index (χ3v) is 8.57. The average Bonchev–Trinajstić information content (AvgIpc) is 3.07. The van der Waals surface area contributed by atoms with E-state index in [1.807, 2.05) is 4.68 Å². The lowest BCUT2D eigenvalue weighted by Gasteiger charge is -2.34. The van der Waals surface area contributed by atoms with E-state index in [-0.39, 0.29) is 5.78 Å². The molecule has 0 unspecified atom stereocenters. The monoisotopic (exact) mass is 494 g/mol. The zero-order valence-electron chi connectivity index (χ0n) is 22.5. The Bertz CT molecular complexity index is 981. The second kappa shape index (κ2) is 12.5. The Morgan fingerprint density at radius 1 is 0.833 bits per heavy atom. The summed E-state index contributed by atoms with van der Waals surface area (Å²) < 4.78 is 1.98. The number of piperidine rings is 2. The van der Waals surface area contributed by atoms with Gasteiger partial charge in [0.15, 0.2) is 11.4 Å². The summed E-state index contributed by atoms with van der Waals surface area (Å²) in [5, 5.41) is 5.75. The number of likely N-dealkylation sites (tertiary alicyclic amines) is 2.